The van der Waals surface area contributed by atoms with Gasteiger partial charge in [-0.1, -0.05) is 35.5 Å². The van der Waals surface area contributed by atoms with Gasteiger partial charge in [0.15, 0.2) is 5.17 Å². The van der Waals surface area contributed by atoms with E-state index in [1.54, 1.807) is 12.1 Å². The van der Waals surface area contributed by atoms with E-state index in [1.807, 2.05) is 0 Å². The number of carbonyl (C=O) groups excluding carboxylic acids is 1. The first kappa shape index (κ1) is 19.8. The molecule has 3 rings (SSSR count). The summed E-state index contributed by atoms with van der Waals surface area (Å²) in [7, 11) is 0. The zero-order valence-corrected chi connectivity index (χ0v) is 15.9. The number of nitrogens with zero attached hydrogens (tertiary/aromatic N) is 4. The fourth-order valence-corrected chi connectivity index (χ4v) is 3.76. The molecule has 0 bridgehead atoms. The molecule has 28 heavy (non-hydrogen) atoms. The standard InChI is InChI=1S/C17H13ClN4O5S/c18-12-3-6-15(22(26)27)14(9-12)16(23)20-8-7-19-17(20)28-10-11-1-4-13(5-2-11)21(24)25/h1-6,9H,7-8,10H2. The van der Waals surface area contributed by atoms with E-state index in [2.05, 4.69) is 4.99 Å². The molecular formula is C17H13ClN4O5S. The quantitative estimate of drug-likeness (QED) is 0.534. The number of hydrogen-bond acceptors (Lipinski definition) is 7. The first-order chi connectivity index (χ1) is 13.4. The van der Waals surface area contributed by atoms with Crippen LogP contribution in [0.3, 0.4) is 0 Å². The molecule has 11 heteroatoms. The second-order valence-electron chi connectivity index (χ2n) is 5.75. The molecule has 0 saturated carbocycles. The van der Waals surface area contributed by atoms with E-state index in [-0.39, 0.29) is 22.0 Å². The molecule has 0 radical (unpaired) electrons. The number of amidine groups is 1. The van der Waals surface area contributed by atoms with Gasteiger partial charge in [0.05, 0.1) is 16.4 Å². The largest absolute Gasteiger partial charge is 0.285 e. The smallest absolute Gasteiger partial charge is 0.282 e. The lowest BCUT2D eigenvalue weighted by atomic mass is 10.1. The van der Waals surface area contributed by atoms with Crippen LogP contribution >= 0.6 is 23.4 Å². The van der Waals surface area contributed by atoms with Crippen molar-refractivity contribution in [3.05, 3.63) is 78.8 Å². The first-order valence-corrected chi connectivity index (χ1v) is 9.39. The van der Waals surface area contributed by atoms with Crippen LogP contribution in [0.4, 0.5) is 11.4 Å². The van der Waals surface area contributed by atoms with Crippen LogP contribution in [0.15, 0.2) is 47.5 Å². The number of carbonyl (C=O) groups is 1. The maximum absolute atomic E-state index is 12.9. The fraction of sp³-hybridized carbons (Fsp3) is 0.176. The number of rotatable bonds is 5. The summed E-state index contributed by atoms with van der Waals surface area (Å²) in [6, 6.07) is 9.92. The molecule has 0 unspecified atom stereocenters. The van der Waals surface area contributed by atoms with Crippen LogP contribution in [0, 0.1) is 20.2 Å². The minimum absolute atomic E-state index is 0.00275. The van der Waals surface area contributed by atoms with Gasteiger partial charge in [-0.3, -0.25) is 34.9 Å². The molecule has 0 atom stereocenters. The summed E-state index contributed by atoms with van der Waals surface area (Å²) in [6.45, 7) is 0.702. The van der Waals surface area contributed by atoms with Gasteiger partial charge in [0.25, 0.3) is 17.3 Å². The Morgan fingerprint density at radius 3 is 2.50 bits per heavy atom. The third-order valence-electron chi connectivity index (χ3n) is 3.95. The third kappa shape index (κ3) is 4.29. The average molecular weight is 421 g/mol. The Labute approximate surface area is 168 Å². The Hall–Kier alpha value is -2.98. The molecule has 9 nitrogen and oxygen atoms in total. The van der Waals surface area contributed by atoms with Crippen molar-refractivity contribution in [3.63, 3.8) is 0 Å². The number of hydrogen-bond donors (Lipinski definition) is 0. The van der Waals surface area contributed by atoms with E-state index >= 15 is 0 Å². The monoisotopic (exact) mass is 420 g/mol. The molecule has 0 spiro atoms. The molecule has 0 fully saturated rings. The van der Waals surface area contributed by atoms with Crippen molar-refractivity contribution in [3.8, 4) is 0 Å². The normalized spacial score (nSPS) is 13.3. The zero-order valence-electron chi connectivity index (χ0n) is 14.3. The Kier molecular flexibility index (Phi) is 5.90. The number of thioether (sulfide) groups is 1. The molecular weight excluding hydrogens is 408 g/mol. The number of nitro groups is 2. The zero-order chi connectivity index (χ0) is 20.3. The van der Waals surface area contributed by atoms with E-state index in [1.165, 1.54) is 47.0 Å². The van der Waals surface area contributed by atoms with Crippen LogP contribution in [-0.4, -0.2) is 38.9 Å². The number of amides is 1. The first-order valence-electron chi connectivity index (χ1n) is 8.03. The Balaban J connectivity index is 1.74. The third-order valence-corrected chi connectivity index (χ3v) is 5.27. The summed E-state index contributed by atoms with van der Waals surface area (Å²) in [4.78, 5) is 39.4. The van der Waals surface area contributed by atoms with Crippen LogP contribution in [0.5, 0.6) is 0 Å². The van der Waals surface area contributed by atoms with Crippen molar-refractivity contribution in [1.82, 2.24) is 4.90 Å². The molecule has 0 N–H and O–H groups in total. The Morgan fingerprint density at radius 2 is 1.86 bits per heavy atom. The highest BCUT2D eigenvalue weighted by Crippen LogP contribution is 2.27. The highest BCUT2D eigenvalue weighted by atomic mass is 35.5. The van der Waals surface area contributed by atoms with E-state index in [0.29, 0.717) is 24.0 Å². The number of non-ortho nitro benzene ring substituents is 1. The molecule has 2 aromatic rings. The molecule has 1 aliphatic rings. The summed E-state index contributed by atoms with van der Waals surface area (Å²) in [5.41, 5.74) is 0.410. The molecule has 144 valence electrons. The number of halogens is 1. The maximum Gasteiger partial charge on any atom is 0.282 e. The minimum Gasteiger partial charge on any atom is -0.285 e. The minimum atomic E-state index is -0.625. The van der Waals surface area contributed by atoms with Gasteiger partial charge in [0.1, 0.15) is 5.56 Å². The summed E-state index contributed by atoms with van der Waals surface area (Å²) in [6.07, 6.45) is 0. The molecule has 1 heterocycles. The predicted molar refractivity (Wildman–Crippen MR) is 106 cm³/mol. The van der Waals surface area contributed by atoms with Gasteiger partial charge < -0.3 is 0 Å². The SMILES string of the molecule is O=C(c1cc(Cl)ccc1[N+](=O)[O-])N1CCN=C1SCc1ccc([N+](=O)[O-])cc1. The van der Waals surface area contributed by atoms with Gasteiger partial charge in [-0.25, -0.2) is 0 Å². The Morgan fingerprint density at radius 1 is 1.14 bits per heavy atom. The van der Waals surface area contributed by atoms with Crippen molar-refractivity contribution >= 4 is 45.8 Å². The average Bonchev–Trinajstić information content (AvgIpc) is 3.14. The van der Waals surface area contributed by atoms with Crippen molar-refractivity contribution in [2.24, 2.45) is 4.99 Å². The summed E-state index contributed by atoms with van der Waals surface area (Å²) < 4.78 is 0. The van der Waals surface area contributed by atoms with Crippen molar-refractivity contribution in [1.29, 1.82) is 0 Å². The van der Waals surface area contributed by atoms with Crippen LogP contribution in [-0.2, 0) is 5.75 Å². The second-order valence-corrected chi connectivity index (χ2v) is 7.13. The van der Waals surface area contributed by atoms with Crippen LogP contribution < -0.4 is 0 Å². The molecule has 0 aliphatic carbocycles. The highest BCUT2D eigenvalue weighted by Gasteiger charge is 2.30. The fourth-order valence-electron chi connectivity index (χ4n) is 2.58. The van der Waals surface area contributed by atoms with Crippen molar-refractivity contribution < 1.29 is 14.6 Å². The number of nitro benzene ring substituents is 2. The van der Waals surface area contributed by atoms with Gasteiger partial charge in [0.2, 0.25) is 0 Å². The number of benzene rings is 2. The Bertz CT molecular complexity index is 980. The van der Waals surface area contributed by atoms with E-state index in [0.717, 1.165) is 5.56 Å². The van der Waals surface area contributed by atoms with Gasteiger partial charge in [0, 0.05) is 35.5 Å². The lowest BCUT2D eigenvalue weighted by Gasteiger charge is -2.18. The topological polar surface area (TPSA) is 119 Å². The lowest BCUT2D eigenvalue weighted by molar-refractivity contribution is -0.385. The van der Waals surface area contributed by atoms with Crippen molar-refractivity contribution in [2.45, 2.75) is 5.75 Å². The predicted octanol–water partition coefficient (Wildman–Crippen LogP) is 3.90. The maximum atomic E-state index is 12.9. The van der Waals surface area contributed by atoms with E-state index < -0.39 is 15.8 Å². The van der Waals surface area contributed by atoms with Crippen molar-refractivity contribution in [2.75, 3.05) is 13.1 Å². The van der Waals surface area contributed by atoms with Gasteiger partial charge in [-0.15, -0.1) is 0 Å². The second kappa shape index (κ2) is 8.36. The summed E-state index contributed by atoms with van der Waals surface area (Å²) in [5.74, 6) is -0.0974. The molecule has 1 amide bonds. The van der Waals surface area contributed by atoms with Crippen LogP contribution in [0.2, 0.25) is 5.02 Å². The molecule has 0 saturated heterocycles. The van der Waals surface area contributed by atoms with Crippen LogP contribution in [0.25, 0.3) is 0 Å². The van der Waals surface area contributed by atoms with E-state index in [9.17, 15) is 25.0 Å². The van der Waals surface area contributed by atoms with Gasteiger partial charge in [-0.05, 0) is 17.7 Å². The van der Waals surface area contributed by atoms with Gasteiger partial charge in [-0.2, -0.15) is 0 Å². The van der Waals surface area contributed by atoms with E-state index in [4.69, 9.17) is 11.6 Å². The molecule has 1 aliphatic heterocycles. The number of aliphatic imine (C=N–C) groups is 1. The van der Waals surface area contributed by atoms with Gasteiger partial charge >= 0.3 is 0 Å². The highest BCUT2D eigenvalue weighted by molar-refractivity contribution is 8.13. The van der Waals surface area contributed by atoms with Crippen LogP contribution in [0.1, 0.15) is 15.9 Å². The lowest BCUT2D eigenvalue weighted by Crippen LogP contribution is -2.33. The molecule has 2 aromatic carbocycles. The summed E-state index contributed by atoms with van der Waals surface area (Å²) >= 11 is 7.19. The summed E-state index contributed by atoms with van der Waals surface area (Å²) in [5, 5.41) is 22.6. The molecule has 0 aromatic heterocycles.